The number of ether oxygens (including phenoxy) is 1. The molecule has 0 bridgehead atoms. The van der Waals surface area contributed by atoms with Gasteiger partial charge in [-0.2, -0.15) is 0 Å². The van der Waals surface area contributed by atoms with E-state index in [1.807, 2.05) is 6.92 Å². The van der Waals surface area contributed by atoms with Crippen LogP contribution >= 0.6 is 0 Å². The molecule has 0 aromatic heterocycles. The van der Waals surface area contributed by atoms with Crippen LogP contribution in [0.3, 0.4) is 0 Å². The second-order valence-electron chi connectivity index (χ2n) is 8.73. The molecule has 1 aliphatic carbocycles. The topological polar surface area (TPSA) is 78.9 Å². The maximum absolute atomic E-state index is 13.9. The number of rotatable bonds is 4. The number of nitrogens with zero attached hydrogens (tertiary/aromatic N) is 1. The van der Waals surface area contributed by atoms with Crippen LogP contribution in [0, 0.1) is 18.6 Å². The third kappa shape index (κ3) is 4.15. The average molecular weight is 487 g/mol. The van der Waals surface area contributed by atoms with Gasteiger partial charge in [0.2, 0.25) is 10.0 Å². The lowest BCUT2D eigenvalue weighted by molar-refractivity contribution is 0.0807. The van der Waals surface area contributed by atoms with Crippen LogP contribution < -0.4 is 14.4 Å². The number of aliphatic hydroxyl groups is 1. The molecule has 178 valence electrons. The van der Waals surface area contributed by atoms with Crippen LogP contribution in [0.15, 0.2) is 65.6 Å². The van der Waals surface area contributed by atoms with Crippen molar-refractivity contribution in [3.63, 3.8) is 0 Å². The number of fused-ring (bicyclic) bond motifs is 2. The van der Waals surface area contributed by atoms with Crippen LogP contribution in [0.2, 0.25) is 0 Å². The first kappa shape index (κ1) is 22.8. The minimum Gasteiger partial charge on any atom is -0.453 e. The Morgan fingerprint density at radius 1 is 0.941 bits per heavy atom. The smallest absolute Gasteiger partial charge is 0.240 e. The number of nitrogens with one attached hydrogen (secondary N) is 1. The zero-order valence-electron chi connectivity index (χ0n) is 18.4. The number of anilines is 2. The predicted molar refractivity (Wildman–Crippen MR) is 124 cm³/mol. The van der Waals surface area contributed by atoms with E-state index in [4.69, 9.17) is 4.74 Å². The van der Waals surface area contributed by atoms with Crippen molar-refractivity contribution in [2.45, 2.75) is 49.3 Å². The molecule has 3 atom stereocenters. The second-order valence-corrected chi connectivity index (χ2v) is 10.4. The molecule has 34 heavy (non-hydrogen) atoms. The summed E-state index contributed by atoms with van der Waals surface area (Å²) in [5, 5.41) is 11.3. The van der Waals surface area contributed by atoms with Crippen molar-refractivity contribution in [2.75, 3.05) is 4.90 Å². The van der Waals surface area contributed by atoms with E-state index in [1.54, 1.807) is 29.2 Å². The molecule has 3 aromatic rings. The van der Waals surface area contributed by atoms with Gasteiger partial charge in [-0.05, 0) is 62.6 Å². The van der Waals surface area contributed by atoms with Crippen molar-refractivity contribution < 1.29 is 27.0 Å². The fraction of sp³-hybridized carbons (Fsp3) is 0.280. The Morgan fingerprint density at radius 2 is 1.53 bits per heavy atom. The highest BCUT2D eigenvalue weighted by Crippen LogP contribution is 2.49. The Labute approximate surface area is 196 Å². The van der Waals surface area contributed by atoms with Crippen LogP contribution in [0.4, 0.5) is 20.2 Å². The van der Waals surface area contributed by atoms with E-state index in [0.29, 0.717) is 30.6 Å². The fourth-order valence-electron chi connectivity index (χ4n) is 4.69. The molecule has 9 heteroatoms. The SMILES string of the molecule is Cc1ccc(S(=O)(=O)N[C@@H]2CCC[C@H](N3c4ccc(F)cc4Oc4cc(F)ccc43)[C@H]2O)cc1. The van der Waals surface area contributed by atoms with Gasteiger partial charge in [0.1, 0.15) is 11.6 Å². The minimum atomic E-state index is -3.85. The molecule has 0 radical (unpaired) electrons. The van der Waals surface area contributed by atoms with Crippen molar-refractivity contribution in [1.29, 1.82) is 0 Å². The van der Waals surface area contributed by atoms with Gasteiger partial charge in [0.25, 0.3) is 0 Å². The van der Waals surface area contributed by atoms with Gasteiger partial charge in [0, 0.05) is 12.1 Å². The lowest BCUT2D eigenvalue weighted by Gasteiger charge is -2.44. The minimum absolute atomic E-state index is 0.125. The lowest BCUT2D eigenvalue weighted by atomic mass is 9.86. The van der Waals surface area contributed by atoms with Crippen LogP contribution in [0.25, 0.3) is 0 Å². The number of hydrogen-bond acceptors (Lipinski definition) is 5. The Bertz CT molecular complexity index is 1280. The average Bonchev–Trinajstić information content (AvgIpc) is 2.79. The number of aryl methyl sites for hydroxylation is 1. The third-order valence-corrected chi connectivity index (χ3v) is 7.88. The maximum Gasteiger partial charge on any atom is 0.240 e. The summed E-state index contributed by atoms with van der Waals surface area (Å²) in [4.78, 5) is 1.92. The van der Waals surface area contributed by atoms with E-state index in [9.17, 15) is 22.3 Å². The molecule has 2 N–H and O–H groups in total. The van der Waals surface area contributed by atoms with Gasteiger partial charge in [-0.3, -0.25) is 0 Å². The van der Waals surface area contributed by atoms with Crippen LogP contribution in [0.5, 0.6) is 11.5 Å². The van der Waals surface area contributed by atoms with E-state index < -0.39 is 39.8 Å². The van der Waals surface area contributed by atoms with Crippen molar-refractivity contribution in [3.8, 4) is 11.5 Å². The quantitative estimate of drug-likeness (QED) is 0.555. The van der Waals surface area contributed by atoms with Crippen LogP contribution in [0.1, 0.15) is 24.8 Å². The molecule has 1 aliphatic heterocycles. The van der Waals surface area contributed by atoms with Crippen molar-refractivity contribution in [2.24, 2.45) is 0 Å². The summed E-state index contributed by atoms with van der Waals surface area (Å²) < 4.78 is 62.2. The van der Waals surface area contributed by atoms with Gasteiger partial charge in [0.05, 0.1) is 34.5 Å². The number of aliphatic hydroxyl groups excluding tert-OH is 1. The molecule has 6 nitrogen and oxygen atoms in total. The molecule has 3 aromatic carbocycles. The molecular weight excluding hydrogens is 462 g/mol. The number of halogens is 2. The number of benzene rings is 3. The highest BCUT2D eigenvalue weighted by Gasteiger charge is 2.41. The fourth-order valence-corrected chi connectivity index (χ4v) is 5.98. The largest absolute Gasteiger partial charge is 0.453 e. The first-order chi connectivity index (χ1) is 16.2. The van der Waals surface area contributed by atoms with Gasteiger partial charge in [-0.15, -0.1) is 0 Å². The Hall–Kier alpha value is -3.01. The molecule has 5 rings (SSSR count). The van der Waals surface area contributed by atoms with Crippen LogP contribution in [-0.2, 0) is 10.0 Å². The van der Waals surface area contributed by atoms with Gasteiger partial charge in [0.15, 0.2) is 11.5 Å². The van der Waals surface area contributed by atoms with Gasteiger partial charge >= 0.3 is 0 Å². The lowest BCUT2D eigenvalue weighted by Crippen LogP contribution is -2.56. The number of hydrogen-bond donors (Lipinski definition) is 2. The molecule has 1 saturated carbocycles. The predicted octanol–water partition coefficient (Wildman–Crippen LogP) is 4.78. The van der Waals surface area contributed by atoms with Gasteiger partial charge in [-0.1, -0.05) is 17.7 Å². The monoisotopic (exact) mass is 486 g/mol. The highest BCUT2D eigenvalue weighted by atomic mass is 32.2. The molecule has 1 heterocycles. The summed E-state index contributed by atoms with van der Waals surface area (Å²) in [6.45, 7) is 1.87. The summed E-state index contributed by atoms with van der Waals surface area (Å²) in [5.41, 5.74) is 1.98. The Kier molecular flexibility index (Phi) is 5.79. The maximum atomic E-state index is 13.9. The zero-order chi connectivity index (χ0) is 24.0. The van der Waals surface area contributed by atoms with E-state index in [1.165, 1.54) is 36.4 Å². The summed E-state index contributed by atoms with van der Waals surface area (Å²) in [6.07, 6.45) is 0.577. The molecule has 0 unspecified atom stereocenters. The zero-order valence-corrected chi connectivity index (χ0v) is 19.2. The normalized spacial score (nSPS) is 22.0. The molecule has 0 spiro atoms. The summed E-state index contributed by atoms with van der Waals surface area (Å²) in [7, 11) is -3.85. The third-order valence-electron chi connectivity index (χ3n) is 6.37. The van der Waals surface area contributed by atoms with Crippen molar-refractivity contribution in [3.05, 3.63) is 77.9 Å². The summed E-state index contributed by atoms with van der Waals surface area (Å²) in [6, 6.07) is 13.3. The molecule has 0 saturated heterocycles. The molecule has 0 amide bonds. The van der Waals surface area contributed by atoms with Gasteiger partial charge < -0.3 is 14.7 Å². The Morgan fingerprint density at radius 3 is 2.12 bits per heavy atom. The van der Waals surface area contributed by atoms with Crippen molar-refractivity contribution >= 4 is 21.4 Å². The van der Waals surface area contributed by atoms with Crippen LogP contribution in [-0.4, -0.2) is 31.7 Å². The Balaban J connectivity index is 1.49. The summed E-state index contributed by atoms with van der Waals surface area (Å²) >= 11 is 0. The highest BCUT2D eigenvalue weighted by molar-refractivity contribution is 7.89. The molecular formula is C25H24F2N2O4S. The van der Waals surface area contributed by atoms with E-state index >= 15 is 0 Å². The first-order valence-electron chi connectivity index (χ1n) is 11.1. The summed E-state index contributed by atoms with van der Waals surface area (Å²) in [5.74, 6) is -0.613. The van der Waals surface area contributed by atoms with Crippen molar-refractivity contribution in [1.82, 2.24) is 4.72 Å². The number of sulfonamides is 1. The first-order valence-corrected chi connectivity index (χ1v) is 12.5. The molecule has 2 aliphatic rings. The second kappa shape index (κ2) is 8.65. The van der Waals surface area contributed by atoms with E-state index in [2.05, 4.69) is 4.72 Å². The molecule has 1 fully saturated rings. The standard InChI is InChI=1S/C25H24F2N2O4S/c1-15-5-9-18(10-6-15)34(31,32)28-19-3-2-4-22(25(19)30)29-20-11-7-16(26)13-23(20)33-24-14-17(27)8-12-21(24)29/h5-14,19,22,25,28,30H,2-4H2,1H3/t19-,22+,25+/m1/s1. The van der Waals surface area contributed by atoms with E-state index in [0.717, 1.165) is 5.56 Å². The van der Waals surface area contributed by atoms with Gasteiger partial charge in [-0.25, -0.2) is 21.9 Å². The van der Waals surface area contributed by atoms with E-state index in [-0.39, 0.29) is 16.4 Å².